The summed E-state index contributed by atoms with van der Waals surface area (Å²) >= 11 is 0. The highest BCUT2D eigenvalue weighted by Gasteiger charge is 2.22. The number of methoxy groups -OCH3 is 1. The Morgan fingerprint density at radius 3 is 2.64 bits per heavy atom. The highest BCUT2D eigenvalue weighted by atomic mass is 16.5. The van der Waals surface area contributed by atoms with E-state index in [4.69, 9.17) is 18.9 Å². The summed E-state index contributed by atoms with van der Waals surface area (Å²) in [5, 5.41) is 3.01. The molecule has 2 aliphatic rings. The van der Waals surface area contributed by atoms with Crippen LogP contribution in [0.1, 0.15) is 64.0 Å². The first-order valence-electron chi connectivity index (χ1n) is 10.4. The van der Waals surface area contributed by atoms with E-state index in [1.165, 1.54) is 12.8 Å². The van der Waals surface area contributed by atoms with Crippen molar-refractivity contribution in [2.45, 2.75) is 76.7 Å². The molecule has 3 rings (SSSR count). The van der Waals surface area contributed by atoms with Crippen LogP contribution < -0.4 is 14.8 Å². The SMILES string of the molecule is COc1cc(C(C)NC(=O)C(C)OCC2CCCO2)ccc1OC1CCCC1. The third-order valence-corrected chi connectivity index (χ3v) is 5.57. The van der Waals surface area contributed by atoms with Crippen LogP contribution in [0.2, 0.25) is 0 Å². The van der Waals surface area contributed by atoms with Gasteiger partial charge in [0.1, 0.15) is 6.10 Å². The molecule has 2 fully saturated rings. The lowest BCUT2D eigenvalue weighted by atomic mass is 10.1. The molecular formula is C22H33NO5. The van der Waals surface area contributed by atoms with Crippen molar-refractivity contribution in [2.24, 2.45) is 0 Å². The van der Waals surface area contributed by atoms with Crippen molar-refractivity contribution in [1.29, 1.82) is 0 Å². The summed E-state index contributed by atoms with van der Waals surface area (Å²) in [7, 11) is 1.64. The average molecular weight is 392 g/mol. The van der Waals surface area contributed by atoms with Crippen LogP contribution in [0.25, 0.3) is 0 Å². The van der Waals surface area contributed by atoms with Crippen LogP contribution in [0.5, 0.6) is 11.5 Å². The first-order valence-corrected chi connectivity index (χ1v) is 10.4. The van der Waals surface area contributed by atoms with Gasteiger partial charge in [-0.05, 0) is 70.1 Å². The minimum absolute atomic E-state index is 0.115. The molecule has 0 aromatic heterocycles. The van der Waals surface area contributed by atoms with Gasteiger partial charge in [0.05, 0.1) is 32.0 Å². The van der Waals surface area contributed by atoms with Gasteiger partial charge in [-0.25, -0.2) is 0 Å². The van der Waals surface area contributed by atoms with E-state index in [0.29, 0.717) is 12.4 Å². The second-order valence-electron chi connectivity index (χ2n) is 7.78. The molecule has 1 aromatic carbocycles. The van der Waals surface area contributed by atoms with Crippen molar-refractivity contribution < 1.29 is 23.7 Å². The van der Waals surface area contributed by atoms with Crippen molar-refractivity contribution in [2.75, 3.05) is 20.3 Å². The van der Waals surface area contributed by atoms with Crippen molar-refractivity contribution in [3.05, 3.63) is 23.8 Å². The Morgan fingerprint density at radius 1 is 1.18 bits per heavy atom. The molecule has 0 radical (unpaired) electrons. The fourth-order valence-electron chi connectivity index (χ4n) is 3.75. The van der Waals surface area contributed by atoms with Crippen molar-refractivity contribution in [1.82, 2.24) is 5.32 Å². The standard InChI is InChI=1S/C22H33NO5/c1-15(23-22(24)16(2)27-14-19-9-6-12-26-19)17-10-11-20(21(13-17)25-3)28-18-7-4-5-8-18/h10-11,13,15-16,18-19H,4-9,12,14H2,1-3H3,(H,23,24). The third kappa shape index (κ3) is 5.61. The van der Waals surface area contributed by atoms with Crippen LogP contribution in [0.3, 0.4) is 0 Å². The molecule has 0 bridgehead atoms. The summed E-state index contributed by atoms with van der Waals surface area (Å²) in [6.07, 6.45) is 6.58. The number of nitrogens with one attached hydrogen (secondary N) is 1. The molecule has 3 unspecified atom stereocenters. The van der Waals surface area contributed by atoms with Gasteiger partial charge in [0.25, 0.3) is 0 Å². The zero-order chi connectivity index (χ0) is 19.9. The zero-order valence-electron chi connectivity index (χ0n) is 17.2. The summed E-state index contributed by atoms with van der Waals surface area (Å²) in [5.41, 5.74) is 0.968. The van der Waals surface area contributed by atoms with Crippen molar-refractivity contribution in [3.8, 4) is 11.5 Å². The number of carbonyl (C=O) groups excluding carboxylic acids is 1. The Hall–Kier alpha value is -1.79. The van der Waals surface area contributed by atoms with Gasteiger partial charge in [0, 0.05) is 6.61 Å². The lowest BCUT2D eigenvalue weighted by Crippen LogP contribution is -2.37. The average Bonchev–Trinajstić information content (AvgIpc) is 3.40. The normalized spacial score (nSPS) is 22.0. The first-order chi connectivity index (χ1) is 13.6. The molecule has 1 saturated carbocycles. The van der Waals surface area contributed by atoms with Crippen LogP contribution in [-0.2, 0) is 14.3 Å². The monoisotopic (exact) mass is 391 g/mol. The van der Waals surface area contributed by atoms with Crippen LogP contribution in [0.4, 0.5) is 0 Å². The summed E-state index contributed by atoms with van der Waals surface area (Å²) in [5.74, 6) is 1.34. The lowest BCUT2D eigenvalue weighted by Gasteiger charge is -2.21. The molecule has 3 atom stereocenters. The van der Waals surface area contributed by atoms with Gasteiger partial charge in [-0.1, -0.05) is 6.07 Å². The predicted octanol–water partition coefficient (Wildman–Crippen LogP) is 3.78. The van der Waals surface area contributed by atoms with Crippen LogP contribution in [0.15, 0.2) is 18.2 Å². The molecule has 6 heteroatoms. The first kappa shape index (κ1) is 20.9. The molecule has 1 aliphatic heterocycles. The van der Waals surface area contributed by atoms with Gasteiger partial charge < -0.3 is 24.3 Å². The van der Waals surface area contributed by atoms with Gasteiger partial charge in [-0.15, -0.1) is 0 Å². The molecule has 1 aromatic rings. The summed E-state index contributed by atoms with van der Waals surface area (Å²) in [4.78, 5) is 12.5. The van der Waals surface area contributed by atoms with E-state index in [-0.39, 0.29) is 24.2 Å². The van der Waals surface area contributed by atoms with Crippen molar-refractivity contribution in [3.63, 3.8) is 0 Å². The number of benzene rings is 1. The molecule has 1 saturated heterocycles. The fraction of sp³-hybridized carbons (Fsp3) is 0.682. The van der Waals surface area contributed by atoms with E-state index >= 15 is 0 Å². The molecule has 1 N–H and O–H groups in total. The lowest BCUT2D eigenvalue weighted by molar-refractivity contribution is -0.134. The Morgan fingerprint density at radius 2 is 1.96 bits per heavy atom. The molecule has 6 nitrogen and oxygen atoms in total. The third-order valence-electron chi connectivity index (χ3n) is 5.57. The minimum Gasteiger partial charge on any atom is -0.493 e. The number of ether oxygens (including phenoxy) is 4. The fourth-order valence-corrected chi connectivity index (χ4v) is 3.75. The second kappa shape index (κ2) is 10.1. The zero-order valence-corrected chi connectivity index (χ0v) is 17.2. The molecule has 1 aliphatic carbocycles. The van der Waals surface area contributed by atoms with E-state index in [0.717, 1.165) is 43.6 Å². The Balaban J connectivity index is 1.53. The highest BCUT2D eigenvalue weighted by Crippen LogP contribution is 2.33. The van der Waals surface area contributed by atoms with E-state index in [2.05, 4.69) is 5.32 Å². The summed E-state index contributed by atoms with van der Waals surface area (Å²) < 4.78 is 22.8. The quantitative estimate of drug-likeness (QED) is 0.694. The van der Waals surface area contributed by atoms with Crippen molar-refractivity contribution >= 4 is 5.91 Å². The summed E-state index contributed by atoms with van der Waals surface area (Å²) in [6, 6.07) is 5.70. The molecule has 1 amide bonds. The van der Waals surface area contributed by atoms with Crippen LogP contribution >= 0.6 is 0 Å². The smallest absolute Gasteiger partial charge is 0.249 e. The van der Waals surface area contributed by atoms with E-state index in [1.807, 2.05) is 25.1 Å². The number of rotatable bonds is 9. The Bertz CT molecular complexity index is 638. The molecule has 156 valence electrons. The number of hydrogen-bond acceptors (Lipinski definition) is 5. The topological polar surface area (TPSA) is 66.0 Å². The van der Waals surface area contributed by atoms with Gasteiger partial charge in [0.15, 0.2) is 11.5 Å². The summed E-state index contributed by atoms with van der Waals surface area (Å²) in [6.45, 7) is 4.98. The molecule has 28 heavy (non-hydrogen) atoms. The maximum atomic E-state index is 12.5. The Labute approximate surface area is 167 Å². The maximum absolute atomic E-state index is 12.5. The number of hydrogen-bond donors (Lipinski definition) is 1. The van der Waals surface area contributed by atoms with Gasteiger partial charge >= 0.3 is 0 Å². The number of amides is 1. The maximum Gasteiger partial charge on any atom is 0.249 e. The van der Waals surface area contributed by atoms with Gasteiger partial charge in [-0.2, -0.15) is 0 Å². The molecule has 1 heterocycles. The minimum atomic E-state index is -0.515. The predicted molar refractivity (Wildman–Crippen MR) is 107 cm³/mol. The molecular weight excluding hydrogens is 358 g/mol. The second-order valence-corrected chi connectivity index (χ2v) is 7.78. The van der Waals surface area contributed by atoms with E-state index in [9.17, 15) is 4.79 Å². The number of carbonyl (C=O) groups is 1. The van der Waals surface area contributed by atoms with Gasteiger partial charge in [0.2, 0.25) is 5.91 Å². The highest BCUT2D eigenvalue weighted by molar-refractivity contribution is 5.80. The van der Waals surface area contributed by atoms with Crippen LogP contribution in [0, 0.1) is 0 Å². The largest absolute Gasteiger partial charge is 0.493 e. The molecule has 0 spiro atoms. The van der Waals surface area contributed by atoms with Gasteiger partial charge in [-0.3, -0.25) is 4.79 Å². The van der Waals surface area contributed by atoms with E-state index in [1.54, 1.807) is 14.0 Å². The Kier molecular flexibility index (Phi) is 7.57. The van der Waals surface area contributed by atoms with E-state index < -0.39 is 6.10 Å². The van der Waals surface area contributed by atoms with Crippen LogP contribution in [-0.4, -0.2) is 44.5 Å².